The third-order valence-corrected chi connectivity index (χ3v) is 3.30. The second-order valence-corrected chi connectivity index (χ2v) is 4.64. The molecule has 2 aromatic rings. The summed E-state index contributed by atoms with van der Waals surface area (Å²) in [7, 11) is 0. The SMILES string of the molecule is Cc1ccc(C)c(C(S)c2ccc(C=O)o2)c1. The molecule has 0 bridgehead atoms. The van der Waals surface area contributed by atoms with Gasteiger partial charge in [0.2, 0.25) is 0 Å². The highest BCUT2D eigenvalue weighted by molar-refractivity contribution is 7.80. The maximum Gasteiger partial charge on any atom is 0.185 e. The van der Waals surface area contributed by atoms with Crippen LogP contribution >= 0.6 is 12.6 Å². The van der Waals surface area contributed by atoms with Crippen molar-refractivity contribution in [3.05, 3.63) is 58.5 Å². The molecule has 0 fully saturated rings. The van der Waals surface area contributed by atoms with Crippen molar-refractivity contribution in [3.8, 4) is 0 Å². The summed E-state index contributed by atoms with van der Waals surface area (Å²) in [6, 6.07) is 9.69. The van der Waals surface area contributed by atoms with E-state index in [0.29, 0.717) is 17.8 Å². The summed E-state index contributed by atoms with van der Waals surface area (Å²) in [6.07, 6.45) is 0.701. The zero-order valence-electron chi connectivity index (χ0n) is 9.81. The zero-order valence-corrected chi connectivity index (χ0v) is 10.7. The van der Waals surface area contributed by atoms with Gasteiger partial charge in [-0.1, -0.05) is 23.8 Å². The van der Waals surface area contributed by atoms with E-state index in [1.54, 1.807) is 12.1 Å². The monoisotopic (exact) mass is 246 g/mol. The first-order valence-corrected chi connectivity index (χ1v) is 5.93. The largest absolute Gasteiger partial charge is 0.457 e. The highest BCUT2D eigenvalue weighted by Crippen LogP contribution is 2.32. The van der Waals surface area contributed by atoms with E-state index < -0.39 is 0 Å². The standard InChI is InChI=1S/C14H14O2S/c1-9-3-4-10(2)12(7-9)14(17)13-6-5-11(8-15)16-13/h3-8,14,17H,1-2H3. The van der Waals surface area contributed by atoms with Crippen LogP contribution in [0, 0.1) is 13.8 Å². The fraction of sp³-hybridized carbons (Fsp3) is 0.214. The highest BCUT2D eigenvalue weighted by atomic mass is 32.1. The minimum atomic E-state index is -0.136. The van der Waals surface area contributed by atoms with Gasteiger partial charge in [0.05, 0.1) is 5.25 Å². The van der Waals surface area contributed by atoms with Crippen molar-refractivity contribution in [2.75, 3.05) is 0 Å². The summed E-state index contributed by atoms with van der Waals surface area (Å²) >= 11 is 4.57. The van der Waals surface area contributed by atoms with Crippen molar-refractivity contribution in [2.24, 2.45) is 0 Å². The molecule has 0 radical (unpaired) electrons. The minimum absolute atomic E-state index is 0.136. The van der Waals surface area contributed by atoms with E-state index in [-0.39, 0.29) is 5.25 Å². The molecule has 0 amide bonds. The van der Waals surface area contributed by atoms with Crippen LogP contribution in [0.25, 0.3) is 0 Å². The summed E-state index contributed by atoms with van der Waals surface area (Å²) in [5.41, 5.74) is 3.46. The number of rotatable bonds is 3. The Bertz CT molecular complexity index is 543. The maximum atomic E-state index is 10.6. The number of hydrogen-bond acceptors (Lipinski definition) is 3. The number of thiol groups is 1. The van der Waals surface area contributed by atoms with Gasteiger partial charge in [0, 0.05) is 0 Å². The molecular formula is C14H14O2S. The molecule has 3 heteroatoms. The zero-order chi connectivity index (χ0) is 12.4. The summed E-state index contributed by atoms with van der Waals surface area (Å²) in [5, 5.41) is -0.136. The van der Waals surface area contributed by atoms with Gasteiger partial charge in [0.25, 0.3) is 0 Å². The van der Waals surface area contributed by atoms with Crippen molar-refractivity contribution < 1.29 is 9.21 Å². The molecule has 0 N–H and O–H groups in total. The van der Waals surface area contributed by atoms with Crippen molar-refractivity contribution in [2.45, 2.75) is 19.1 Å². The molecule has 0 saturated heterocycles. The molecule has 2 nitrogen and oxygen atoms in total. The number of aryl methyl sites for hydroxylation is 2. The van der Waals surface area contributed by atoms with Gasteiger partial charge in [-0.2, -0.15) is 12.6 Å². The van der Waals surface area contributed by atoms with Gasteiger partial charge in [0.15, 0.2) is 12.0 Å². The van der Waals surface area contributed by atoms with Crippen LogP contribution in [0.4, 0.5) is 0 Å². The predicted molar refractivity (Wildman–Crippen MR) is 70.8 cm³/mol. The second kappa shape index (κ2) is 4.80. The summed E-state index contributed by atoms with van der Waals surface area (Å²) < 4.78 is 5.40. The third-order valence-electron chi connectivity index (χ3n) is 2.76. The number of benzene rings is 1. The van der Waals surface area contributed by atoms with E-state index in [0.717, 1.165) is 5.56 Å². The molecular weight excluding hydrogens is 232 g/mol. The van der Waals surface area contributed by atoms with Gasteiger partial charge in [-0.25, -0.2) is 0 Å². The molecule has 0 saturated carbocycles. The lowest BCUT2D eigenvalue weighted by atomic mass is 10.0. The van der Waals surface area contributed by atoms with E-state index in [9.17, 15) is 4.79 Å². The molecule has 1 aromatic heterocycles. The van der Waals surface area contributed by atoms with Crippen LogP contribution in [-0.4, -0.2) is 6.29 Å². The molecule has 0 aliphatic carbocycles. The quantitative estimate of drug-likeness (QED) is 0.660. The van der Waals surface area contributed by atoms with E-state index in [4.69, 9.17) is 4.42 Å². The van der Waals surface area contributed by atoms with Gasteiger partial charge in [-0.15, -0.1) is 0 Å². The molecule has 2 rings (SSSR count). The second-order valence-electron chi connectivity index (χ2n) is 4.12. The van der Waals surface area contributed by atoms with Crippen LogP contribution in [0.3, 0.4) is 0 Å². The fourth-order valence-electron chi connectivity index (χ4n) is 1.79. The molecule has 0 aliphatic rings. The Kier molecular flexibility index (Phi) is 3.38. The molecule has 1 heterocycles. The molecule has 0 spiro atoms. The minimum Gasteiger partial charge on any atom is -0.457 e. The normalized spacial score (nSPS) is 12.4. The van der Waals surface area contributed by atoms with Gasteiger partial charge < -0.3 is 4.42 Å². The van der Waals surface area contributed by atoms with Gasteiger partial charge in [-0.3, -0.25) is 4.79 Å². The van der Waals surface area contributed by atoms with Crippen LogP contribution in [0.15, 0.2) is 34.7 Å². The smallest absolute Gasteiger partial charge is 0.185 e. The predicted octanol–water partition coefficient (Wildman–Crippen LogP) is 3.73. The Morgan fingerprint density at radius 2 is 2.00 bits per heavy atom. The number of furan rings is 1. The van der Waals surface area contributed by atoms with Crippen molar-refractivity contribution in [1.82, 2.24) is 0 Å². The number of carbonyl (C=O) groups is 1. The first kappa shape index (κ1) is 12.0. The molecule has 88 valence electrons. The van der Waals surface area contributed by atoms with Crippen LogP contribution < -0.4 is 0 Å². The van der Waals surface area contributed by atoms with Crippen molar-refractivity contribution in [1.29, 1.82) is 0 Å². The number of hydrogen-bond donors (Lipinski definition) is 1. The first-order valence-electron chi connectivity index (χ1n) is 5.42. The maximum absolute atomic E-state index is 10.6. The van der Waals surface area contributed by atoms with Crippen LogP contribution in [-0.2, 0) is 0 Å². The molecule has 1 aromatic carbocycles. The van der Waals surface area contributed by atoms with E-state index >= 15 is 0 Å². The van der Waals surface area contributed by atoms with E-state index in [1.807, 2.05) is 13.8 Å². The van der Waals surface area contributed by atoms with Gasteiger partial charge >= 0.3 is 0 Å². The summed E-state index contributed by atoms with van der Waals surface area (Å²) in [5.74, 6) is 1.04. The van der Waals surface area contributed by atoms with Crippen molar-refractivity contribution >= 4 is 18.9 Å². The Labute approximate surface area is 106 Å². The number of carbonyl (C=O) groups excluding carboxylic acids is 1. The lowest BCUT2D eigenvalue weighted by Gasteiger charge is -2.12. The molecule has 17 heavy (non-hydrogen) atoms. The lowest BCUT2D eigenvalue weighted by Crippen LogP contribution is -1.95. The van der Waals surface area contributed by atoms with Crippen molar-refractivity contribution in [3.63, 3.8) is 0 Å². The Morgan fingerprint density at radius 3 is 2.65 bits per heavy atom. The van der Waals surface area contributed by atoms with Crippen LogP contribution in [0.1, 0.15) is 38.3 Å². The first-order chi connectivity index (χ1) is 8.11. The average Bonchev–Trinajstić information content (AvgIpc) is 2.80. The number of aldehydes is 1. The van der Waals surface area contributed by atoms with Crippen LogP contribution in [0.5, 0.6) is 0 Å². The topological polar surface area (TPSA) is 30.2 Å². The molecule has 1 atom stereocenters. The van der Waals surface area contributed by atoms with E-state index in [1.165, 1.54) is 11.1 Å². The summed E-state index contributed by atoms with van der Waals surface area (Å²) in [4.78, 5) is 10.6. The third kappa shape index (κ3) is 2.44. The summed E-state index contributed by atoms with van der Waals surface area (Å²) in [6.45, 7) is 4.09. The highest BCUT2D eigenvalue weighted by Gasteiger charge is 2.15. The lowest BCUT2D eigenvalue weighted by molar-refractivity contribution is 0.109. The van der Waals surface area contributed by atoms with Crippen LogP contribution in [0.2, 0.25) is 0 Å². The Balaban J connectivity index is 2.39. The molecule has 0 aliphatic heterocycles. The van der Waals surface area contributed by atoms with Gasteiger partial charge in [-0.05, 0) is 37.1 Å². The molecule has 1 unspecified atom stereocenters. The fourth-order valence-corrected chi connectivity index (χ4v) is 2.20. The Hall–Kier alpha value is -1.48. The Morgan fingerprint density at radius 1 is 1.24 bits per heavy atom. The van der Waals surface area contributed by atoms with Gasteiger partial charge in [0.1, 0.15) is 5.76 Å². The average molecular weight is 246 g/mol. The van der Waals surface area contributed by atoms with E-state index in [2.05, 4.69) is 30.8 Å².